The van der Waals surface area contributed by atoms with Crippen molar-refractivity contribution in [1.82, 2.24) is 0 Å². The van der Waals surface area contributed by atoms with Crippen LogP contribution in [-0.2, 0) is 9.47 Å². The molecular formula is C20H33NO3. The number of carbonyl (C=O) groups excluding carboxylic acids is 1. The molecule has 1 aromatic carbocycles. The molecule has 1 rings (SSSR count). The summed E-state index contributed by atoms with van der Waals surface area (Å²) in [5.74, 6) is -0.290. The van der Waals surface area contributed by atoms with Gasteiger partial charge in [-0.05, 0) is 37.1 Å². The molecule has 0 aliphatic rings. The molecule has 1 aromatic rings. The van der Waals surface area contributed by atoms with E-state index in [0.717, 1.165) is 38.1 Å². The number of carbonyl (C=O) groups is 1. The third-order valence-electron chi connectivity index (χ3n) is 3.83. The Hall–Kier alpha value is -1.55. The number of benzene rings is 1. The fraction of sp³-hybridized carbons (Fsp3) is 0.650. The number of unbranched alkanes of at least 4 members (excludes halogenated alkanes) is 5. The van der Waals surface area contributed by atoms with Crippen molar-refractivity contribution in [3.63, 3.8) is 0 Å². The van der Waals surface area contributed by atoms with Crippen LogP contribution < -0.4 is 5.32 Å². The summed E-state index contributed by atoms with van der Waals surface area (Å²) in [6.45, 7) is 6.86. The molecule has 136 valence electrons. The summed E-state index contributed by atoms with van der Waals surface area (Å²) in [7, 11) is 0. The van der Waals surface area contributed by atoms with Gasteiger partial charge in [0.1, 0.15) is 6.61 Å². The van der Waals surface area contributed by atoms with Crippen molar-refractivity contribution in [2.24, 2.45) is 0 Å². The highest BCUT2D eigenvalue weighted by atomic mass is 16.6. The van der Waals surface area contributed by atoms with E-state index in [2.05, 4.69) is 19.2 Å². The van der Waals surface area contributed by atoms with Gasteiger partial charge >= 0.3 is 5.97 Å². The molecule has 0 heterocycles. The van der Waals surface area contributed by atoms with Gasteiger partial charge in [-0.1, -0.05) is 46.0 Å². The summed E-state index contributed by atoms with van der Waals surface area (Å²) in [6, 6.07) is 7.43. The van der Waals surface area contributed by atoms with Gasteiger partial charge < -0.3 is 14.8 Å². The van der Waals surface area contributed by atoms with Gasteiger partial charge in [-0.25, -0.2) is 4.79 Å². The zero-order chi connectivity index (χ0) is 17.5. The predicted molar refractivity (Wildman–Crippen MR) is 99.7 cm³/mol. The molecular weight excluding hydrogens is 302 g/mol. The van der Waals surface area contributed by atoms with E-state index in [0.29, 0.717) is 18.8 Å². The second-order valence-corrected chi connectivity index (χ2v) is 6.02. The zero-order valence-electron chi connectivity index (χ0n) is 15.3. The first-order valence-corrected chi connectivity index (χ1v) is 9.36. The highest BCUT2D eigenvalue weighted by molar-refractivity contribution is 5.89. The van der Waals surface area contributed by atoms with Crippen molar-refractivity contribution < 1.29 is 14.3 Å². The number of hydrogen-bond acceptors (Lipinski definition) is 4. The third-order valence-corrected chi connectivity index (χ3v) is 3.83. The Balaban J connectivity index is 2.10. The Labute approximate surface area is 146 Å². The predicted octanol–water partition coefficient (Wildman–Crippen LogP) is 5.04. The summed E-state index contributed by atoms with van der Waals surface area (Å²) in [5, 5.41) is 3.32. The van der Waals surface area contributed by atoms with Crippen LogP contribution in [0.15, 0.2) is 24.3 Å². The van der Waals surface area contributed by atoms with Gasteiger partial charge in [0.05, 0.1) is 12.2 Å². The first-order valence-electron chi connectivity index (χ1n) is 9.36. The summed E-state index contributed by atoms with van der Waals surface area (Å²) in [5.41, 5.74) is 1.61. The van der Waals surface area contributed by atoms with Crippen LogP contribution in [0.1, 0.15) is 69.2 Å². The Bertz CT molecular complexity index is 431. The zero-order valence-corrected chi connectivity index (χ0v) is 15.3. The number of nitrogens with one attached hydrogen (secondary N) is 1. The Kier molecular flexibility index (Phi) is 11.8. The molecule has 1 N–H and O–H groups in total. The van der Waals surface area contributed by atoms with Crippen LogP contribution in [0.2, 0.25) is 0 Å². The van der Waals surface area contributed by atoms with Gasteiger partial charge in [0.15, 0.2) is 0 Å². The van der Waals surface area contributed by atoms with Gasteiger partial charge in [-0.2, -0.15) is 0 Å². The summed E-state index contributed by atoms with van der Waals surface area (Å²) < 4.78 is 10.7. The van der Waals surface area contributed by atoms with Crippen molar-refractivity contribution >= 4 is 11.7 Å². The van der Waals surface area contributed by atoms with Gasteiger partial charge in [0.25, 0.3) is 0 Å². The van der Waals surface area contributed by atoms with Gasteiger partial charge in [0, 0.05) is 18.8 Å². The Morgan fingerprint density at radius 3 is 2.29 bits per heavy atom. The summed E-state index contributed by atoms with van der Waals surface area (Å²) in [4.78, 5) is 11.9. The number of ether oxygens (including phenoxy) is 2. The van der Waals surface area contributed by atoms with E-state index in [9.17, 15) is 4.79 Å². The van der Waals surface area contributed by atoms with Crippen LogP contribution in [0.25, 0.3) is 0 Å². The largest absolute Gasteiger partial charge is 0.460 e. The first-order chi connectivity index (χ1) is 11.8. The van der Waals surface area contributed by atoms with Crippen LogP contribution in [0, 0.1) is 0 Å². The molecule has 0 saturated heterocycles. The van der Waals surface area contributed by atoms with Crippen molar-refractivity contribution in [2.75, 3.05) is 31.7 Å². The van der Waals surface area contributed by atoms with Crippen LogP contribution in [0.5, 0.6) is 0 Å². The maximum absolute atomic E-state index is 11.9. The molecule has 0 saturated carbocycles. The third kappa shape index (κ3) is 9.56. The maximum Gasteiger partial charge on any atom is 0.338 e. The van der Waals surface area contributed by atoms with E-state index in [1.807, 2.05) is 12.1 Å². The smallest absolute Gasteiger partial charge is 0.338 e. The second kappa shape index (κ2) is 13.8. The molecule has 4 heteroatoms. The molecule has 0 spiro atoms. The standard InChI is InChI=1S/C20H33NO3/c1-3-5-7-8-9-15-23-16-17-24-20(22)18-10-12-19(13-11-18)21-14-6-4-2/h10-13,21H,3-9,14-17H2,1-2H3. The van der Waals surface area contributed by atoms with Crippen LogP contribution in [0.3, 0.4) is 0 Å². The van der Waals surface area contributed by atoms with E-state index in [4.69, 9.17) is 9.47 Å². The Morgan fingerprint density at radius 2 is 1.58 bits per heavy atom. The monoisotopic (exact) mass is 335 g/mol. The average molecular weight is 335 g/mol. The molecule has 0 aliphatic heterocycles. The molecule has 0 amide bonds. The molecule has 24 heavy (non-hydrogen) atoms. The van der Waals surface area contributed by atoms with E-state index in [1.54, 1.807) is 12.1 Å². The highest BCUT2D eigenvalue weighted by Gasteiger charge is 2.06. The van der Waals surface area contributed by atoms with E-state index >= 15 is 0 Å². The van der Waals surface area contributed by atoms with Crippen molar-refractivity contribution in [2.45, 2.75) is 58.8 Å². The molecule has 0 atom stereocenters. The lowest BCUT2D eigenvalue weighted by Gasteiger charge is -2.08. The van der Waals surface area contributed by atoms with E-state index in [1.165, 1.54) is 25.7 Å². The quantitative estimate of drug-likeness (QED) is 0.382. The fourth-order valence-corrected chi connectivity index (χ4v) is 2.32. The lowest BCUT2D eigenvalue weighted by Crippen LogP contribution is -2.11. The normalized spacial score (nSPS) is 10.6. The molecule has 0 bridgehead atoms. The molecule has 0 aromatic heterocycles. The van der Waals surface area contributed by atoms with E-state index in [-0.39, 0.29) is 5.97 Å². The highest BCUT2D eigenvalue weighted by Crippen LogP contribution is 2.11. The van der Waals surface area contributed by atoms with Gasteiger partial charge in [-0.3, -0.25) is 0 Å². The van der Waals surface area contributed by atoms with Crippen LogP contribution in [0.4, 0.5) is 5.69 Å². The minimum atomic E-state index is -0.290. The minimum Gasteiger partial charge on any atom is -0.460 e. The number of esters is 1. The summed E-state index contributed by atoms with van der Waals surface area (Å²) in [6.07, 6.45) is 8.43. The lowest BCUT2D eigenvalue weighted by molar-refractivity contribution is 0.0312. The van der Waals surface area contributed by atoms with Gasteiger partial charge in [-0.15, -0.1) is 0 Å². The molecule has 0 unspecified atom stereocenters. The molecule has 0 aliphatic carbocycles. The van der Waals surface area contributed by atoms with Crippen molar-refractivity contribution in [3.8, 4) is 0 Å². The van der Waals surface area contributed by atoms with Crippen molar-refractivity contribution in [1.29, 1.82) is 0 Å². The first kappa shape index (κ1) is 20.5. The summed E-state index contributed by atoms with van der Waals surface area (Å²) >= 11 is 0. The number of anilines is 1. The molecule has 0 fully saturated rings. The fourth-order valence-electron chi connectivity index (χ4n) is 2.32. The maximum atomic E-state index is 11.9. The minimum absolute atomic E-state index is 0.290. The number of rotatable bonds is 14. The van der Waals surface area contributed by atoms with Crippen molar-refractivity contribution in [3.05, 3.63) is 29.8 Å². The van der Waals surface area contributed by atoms with E-state index < -0.39 is 0 Å². The molecule has 4 nitrogen and oxygen atoms in total. The SMILES string of the molecule is CCCCCCCOCCOC(=O)c1ccc(NCCCC)cc1. The Morgan fingerprint density at radius 1 is 0.875 bits per heavy atom. The number of hydrogen-bond donors (Lipinski definition) is 1. The van der Waals surface area contributed by atoms with Gasteiger partial charge in [0.2, 0.25) is 0 Å². The van der Waals surface area contributed by atoms with Crippen LogP contribution >= 0.6 is 0 Å². The lowest BCUT2D eigenvalue weighted by atomic mass is 10.2. The topological polar surface area (TPSA) is 47.6 Å². The molecule has 0 radical (unpaired) electrons. The van der Waals surface area contributed by atoms with Crippen LogP contribution in [-0.4, -0.2) is 32.3 Å². The average Bonchev–Trinajstić information content (AvgIpc) is 2.61. The second-order valence-electron chi connectivity index (χ2n) is 6.02.